The molecule has 0 aliphatic heterocycles. The molecule has 0 heterocycles. The van der Waals surface area contributed by atoms with Crippen molar-refractivity contribution in [1.82, 2.24) is 0 Å². The first kappa shape index (κ1) is 13.3. The minimum atomic E-state index is 0.753. The maximum absolute atomic E-state index is 6.17. The lowest BCUT2D eigenvalue weighted by Gasteiger charge is -2.10. The summed E-state index contributed by atoms with van der Waals surface area (Å²) in [6.07, 6.45) is 0. The van der Waals surface area contributed by atoms with Gasteiger partial charge in [-0.1, -0.05) is 29.8 Å². The van der Waals surface area contributed by atoms with Crippen LogP contribution >= 0.6 is 23.4 Å². The fourth-order valence-electron chi connectivity index (χ4n) is 1.86. The summed E-state index contributed by atoms with van der Waals surface area (Å²) in [6.45, 7) is 4.29. The van der Waals surface area contributed by atoms with E-state index in [4.69, 9.17) is 17.3 Å². The standard InChI is InChI=1S/C15H16ClNS/c1-10-4-3-5-11(2)13(10)9-18-15-8-12(17)6-7-14(15)16/h3-8H,9,17H2,1-2H3. The van der Waals surface area contributed by atoms with E-state index in [1.807, 2.05) is 18.2 Å². The highest BCUT2D eigenvalue weighted by Gasteiger charge is 2.06. The van der Waals surface area contributed by atoms with Gasteiger partial charge in [0.15, 0.2) is 0 Å². The highest BCUT2D eigenvalue weighted by molar-refractivity contribution is 7.98. The third kappa shape index (κ3) is 3.01. The minimum absolute atomic E-state index is 0.753. The zero-order valence-electron chi connectivity index (χ0n) is 10.5. The number of halogens is 1. The number of nitrogens with two attached hydrogens (primary N) is 1. The van der Waals surface area contributed by atoms with Crippen LogP contribution in [0.1, 0.15) is 16.7 Å². The summed E-state index contributed by atoms with van der Waals surface area (Å²) in [5, 5.41) is 0.764. The Kier molecular flexibility index (Phi) is 4.20. The van der Waals surface area contributed by atoms with Crippen LogP contribution < -0.4 is 5.73 Å². The van der Waals surface area contributed by atoms with Gasteiger partial charge < -0.3 is 5.73 Å². The van der Waals surface area contributed by atoms with Crippen molar-refractivity contribution in [3.05, 3.63) is 58.1 Å². The molecule has 2 N–H and O–H groups in total. The van der Waals surface area contributed by atoms with Crippen molar-refractivity contribution in [2.75, 3.05) is 5.73 Å². The summed E-state index contributed by atoms with van der Waals surface area (Å²) < 4.78 is 0. The van der Waals surface area contributed by atoms with Crippen molar-refractivity contribution in [2.24, 2.45) is 0 Å². The van der Waals surface area contributed by atoms with Crippen molar-refractivity contribution in [2.45, 2.75) is 24.5 Å². The van der Waals surface area contributed by atoms with E-state index in [1.165, 1.54) is 16.7 Å². The molecule has 0 aromatic heterocycles. The van der Waals surface area contributed by atoms with E-state index in [0.717, 1.165) is 21.4 Å². The molecular weight excluding hydrogens is 262 g/mol. The number of nitrogen functional groups attached to an aromatic ring is 1. The van der Waals surface area contributed by atoms with Crippen LogP contribution in [0, 0.1) is 13.8 Å². The second-order valence-electron chi connectivity index (χ2n) is 4.35. The Morgan fingerprint density at radius 2 is 1.78 bits per heavy atom. The lowest BCUT2D eigenvalue weighted by molar-refractivity contribution is 1.24. The molecule has 0 saturated carbocycles. The lowest BCUT2D eigenvalue weighted by atomic mass is 10.1. The van der Waals surface area contributed by atoms with Crippen molar-refractivity contribution in [3.8, 4) is 0 Å². The Morgan fingerprint density at radius 3 is 2.44 bits per heavy atom. The summed E-state index contributed by atoms with van der Waals surface area (Å²) >= 11 is 7.90. The van der Waals surface area contributed by atoms with Gasteiger partial charge in [-0.3, -0.25) is 0 Å². The molecule has 1 nitrogen and oxygen atoms in total. The Bertz CT molecular complexity index is 546. The summed E-state index contributed by atoms with van der Waals surface area (Å²) in [5.41, 5.74) is 10.6. The van der Waals surface area contributed by atoms with Crippen LogP contribution in [0.15, 0.2) is 41.3 Å². The van der Waals surface area contributed by atoms with Crippen LogP contribution in [0.4, 0.5) is 5.69 Å². The normalized spacial score (nSPS) is 10.6. The number of benzene rings is 2. The van der Waals surface area contributed by atoms with Gasteiger partial charge in [0, 0.05) is 16.3 Å². The Hall–Kier alpha value is -1.12. The molecule has 0 bridgehead atoms. The fourth-order valence-corrected chi connectivity index (χ4v) is 3.32. The van der Waals surface area contributed by atoms with Gasteiger partial charge >= 0.3 is 0 Å². The summed E-state index contributed by atoms with van der Waals surface area (Å²) in [7, 11) is 0. The molecule has 0 spiro atoms. The zero-order chi connectivity index (χ0) is 13.1. The largest absolute Gasteiger partial charge is 0.399 e. The van der Waals surface area contributed by atoms with Gasteiger partial charge in [0.2, 0.25) is 0 Å². The first-order valence-corrected chi connectivity index (χ1v) is 7.17. The van der Waals surface area contributed by atoms with Crippen LogP contribution in [-0.2, 0) is 5.75 Å². The number of hydrogen-bond acceptors (Lipinski definition) is 2. The molecule has 0 aliphatic carbocycles. The number of aryl methyl sites for hydroxylation is 2. The Labute approximate surface area is 117 Å². The third-order valence-corrected chi connectivity index (χ3v) is 4.50. The number of thioether (sulfide) groups is 1. The predicted molar refractivity (Wildman–Crippen MR) is 81.3 cm³/mol. The number of hydrogen-bond donors (Lipinski definition) is 1. The maximum Gasteiger partial charge on any atom is 0.0543 e. The van der Waals surface area contributed by atoms with E-state index in [9.17, 15) is 0 Å². The van der Waals surface area contributed by atoms with Crippen molar-refractivity contribution >= 4 is 29.1 Å². The molecule has 94 valence electrons. The van der Waals surface area contributed by atoms with Gasteiger partial charge in [-0.05, 0) is 48.7 Å². The lowest BCUT2D eigenvalue weighted by Crippen LogP contribution is -1.91. The van der Waals surface area contributed by atoms with Crippen molar-refractivity contribution in [3.63, 3.8) is 0 Å². The smallest absolute Gasteiger partial charge is 0.0543 e. The van der Waals surface area contributed by atoms with E-state index in [-0.39, 0.29) is 0 Å². The van der Waals surface area contributed by atoms with Gasteiger partial charge in [-0.15, -0.1) is 11.8 Å². The second-order valence-corrected chi connectivity index (χ2v) is 5.77. The number of anilines is 1. The van der Waals surface area contributed by atoms with E-state index in [0.29, 0.717) is 0 Å². The molecule has 0 radical (unpaired) electrons. The molecular formula is C15H16ClNS. The van der Waals surface area contributed by atoms with Crippen LogP contribution in [-0.4, -0.2) is 0 Å². The van der Waals surface area contributed by atoms with Crippen molar-refractivity contribution in [1.29, 1.82) is 0 Å². The van der Waals surface area contributed by atoms with Crippen molar-refractivity contribution < 1.29 is 0 Å². The molecule has 18 heavy (non-hydrogen) atoms. The monoisotopic (exact) mass is 277 g/mol. The van der Waals surface area contributed by atoms with Crippen LogP contribution in [0.2, 0.25) is 5.02 Å². The van der Waals surface area contributed by atoms with Crippen LogP contribution in [0.3, 0.4) is 0 Å². The number of rotatable bonds is 3. The van der Waals surface area contributed by atoms with E-state index >= 15 is 0 Å². The van der Waals surface area contributed by atoms with Gasteiger partial charge in [0.1, 0.15) is 0 Å². The van der Waals surface area contributed by atoms with Gasteiger partial charge in [-0.2, -0.15) is 0 Å². The molecule has 0 aliphatic rings. The molecule has 2 aromatic carbocycles. The second kappa shape index (κ2) is 5.68. The highest BCUT2D eigenvalue weighted by Crippen LogP contribution is 2.32. The molecule has 0 saturated heterocycles. The van der Waals surface area contributed by atoms with Gasteiger partial charge in [-0.25, -0.2) is 0 Å². The average Bonchev–Trinajstić information content (AvgIpc) is 2.33. The van der Waals surface area contributed by atoms with Crippen LogP contribution in [0.25, 0.3) is 0 Å². The third-order valence-electron chi connectivity index (χ3n) is 2.97. The summed E-state index contributed by atoms with van der Waals surface area (Å²) in [4.78, 5) is 1.04. The van der Waals surface area contributed by atoms with Gasteiger partial charge in [0.05, 0.1) is 5.02 Å². The predicted octanol–water partition coefficient (Wildman–Crippen LogP) is 4.83. The van der Waals surface area contributed by atoms with E-state index < -0.39 is 0 Å². The molecule has 3 heteroatoms. The first-order chi connectivity index (χ1) is 8.58. The summed E-state index contributed by atoms with van der Waals surface area (Å²) in [5.74, 6) is 0.918. The van der Waals surface area contributed by atoms with E-state index in [1.54, 1.807) is 11.8 Å². The molecule has 2 rings (SSSR count). The molecule has 0 unspecified atom stereocenters. The topological polar surface area (TPSA) is 26.0 Å². The fraction of sp³-hybridized carbons (Fsp3) is 0.200. The van der Waals surface area contributed by atoms with Crippen LogP contribution in [0.5, 0.6) is 0 Å². The zero-order valence-corrected chi connectivity index (χ0v) is 12.1. The van der Waals surface area contributed by atoms with Gasteiger partial charge in [0.25, 0.3) is 0 Å². The van der Waals surface area contributed by atoms with E-state index in [2.05, 4.69) is 32.0 Å². The Morgan fingerprint density at radius 1 is 1.11 bits per heavy atom. The first-order valence-electron chi connectivity index (χ1n) is 5.81. The highest BCUT2D eigenvalue weighted by atomic mass is 35.5. The maximum atomic E-state index is 6.17. The molecule has 0 atom stereocenters. The minimum Gasteiger partial charge on any atom is -0.399 e. The SMILES string of the molecule is Cc1cccc(C)c1CSc1cc(N)ccc1Cl. The molecule has 0 amide bonds. The Balaban J connectivity index is 2.19. The summed E-state index contributed by atoms with van der Waals surface area (Å²) in [6, 6.07) is 12.0. The molecule has 2 aromatic rings. The molecule has 0 fully saturated rings. The quantitative estimate of drug-likeness (QED) is 0.642. The average molecular weight is 278 g/mol.